The lowest BCUT2D eigenvalue weighted by Gasteiger charge is -2.29. The van der Waals surface area contributed by atoms with Gasteiger partial charge >= 0.3 is 0 Å². The number of ether oxygens (including phenoxy) is 1. The van der Waals surface area contributed by atoms with E-state index in [9.17, 15) is 18.3 Å². The lowest BCUT2D eigenvalue weighted by molar-refractivity contribution is 0.122. The second-order valence-electron chi connectivity index (χ2n) is 9.04. The molecule has 1 N–H and O–H groups in total. The summed E-state index contributed by atoms with van der Waals surface area (Å²) in [6.45, 7) is 7.29. The highest BCUT2D eigenvalue weighted by Crippen LogP contribution is 2.40. The molecule has 0 aromatic heterocycles. The number of halogens is 3. The standard InChI is InChI=1S/C27H33F3O2/c1-17(16-25(28)18(2)32-3)4-5-19-6-8-20(9-7-19)23-14-15-24(27(30)26(23)29)21-10-12-22(31)13-11-21/h4-5,14-16,19-22,31H,1-2,6-13H2,3H3/b5-4+,25-16+. The van der Waals surface area contributed by atoms with E-state index in [2.05, 4.69) is 13.2 Å². The highest BCUT2D eigenvalue weighted by molar-refractivity contribution is 5.34. The first kappa shape index (κ1) is 24.4. The van der Waals surface area contributed by atoms with Gasteiger partial charge in [-0.1, -0.05) is 37.4 Å². The molecule has 2 saturated carbocycles. The highest BCUT2D eigenvalue weighted by atomic mass is 19.2. The Kier molecular flexibility index (Phi) is 8.41. The van der Waals surface area contributed by atoms with Crippen LogP contribution in [0.25, 0.3) is 0 Å². The Labute approximate surface area is 189 Å². The van der Waals surface area contributed by atoms with Crippen molar-refractivity contribution in [2.45, 2.75) is 69.3 Å². The highest BCUT2D eigenvalue weighted by Gasteiger charge is 2.28. The summed E-state index contributed by atoms with van der Waals surface area (Å²) < 4.78 is 48.3. The van der Waals surface area contributed by atoms with Crippen molar-refractivity contribution in [1.82, 2.24) is 0 Å². The summed E-state index contributed by atoms with van der Waals surface area (Å²) in [6, 6.07) is 3.51. The van der Waals surface area contributed by atoms with E-state index in [4.69, 9.17) is 4.74 Å². The van der Waals surface area contributed by atoms with Gasteiger partial charge < -0.3 is 9.84 Å². The number of hydrogen-bond donors (Lipinski definition) is 1. The summed E-state index contributed by atoms with van der Waals surface area (Å²) in [6.07, 6.45) is 10.7. The van der Waals surface area contributed by atoms with Crippen LogP contribution in [0.4, 0.5) is 13.2 Å². The van der Waals surface area contributed by atoms with Gasteiger partial charge in [0.05, 0.1) is 13.2 Å². The maximum atomic E-state index is 14.9. The molecular formula is C27H33F3O2. The second kappa shape index (κ2) is 11.0. The van der Waals surface area contributed by atoms with Crippen LogP contribution < -0.4 is 0 Å². The molecule has 0 bridgehead atoms. The molecular weight excluding hydrogens is 413 g/mol. The lowest BCUT2D eigenvalue weighted by atomic mass is 9.77. The van der Waals surface area contributed by atoms with Crippen molar-refractivity contribution in [3.63, 3.8) is 0 Å². The molecule has 0 saturated heterocycles. The fourth-order valence-corrected chi connectivity index (χ4v) is 4.87. The monoisotopic (exact) mass is 446 g/mol. The third-order valence-electron chi connectivity index (χ3n) is 6.90. The van der Waals surface area contributed by atoms with Crippen LogP contribution >= 0.6 is 0 Å². The Balaban J connectivity index is 1.58. The van der Waals surface area contributed by atoms with E-state index >= 15 is 0 Å². The summed E-state index contributed by atoms with van der Waals surface area (Å²) in [5, 5.41) is 9.67. The van der Waals surface area contributed by atoms with E-state index in [1.165, 1.54) is 13.2 Å². The van der Waals surface area contributed by atoms with Crippen LogP contribution in [0.3, 0.4) is 0 Å². The molecule has 2 aliphatic rings. The first-order chi connectivity index (χ1) is 15.3. The Morgan fingerprint density at radius 3 is 1.94 bits per heavy atom. The SMILES string of the molecule is C=C(/C=C/C1CCC(c2ccc(C3CCC(O)CC3)c(F)c2F)CC1)/C=C(/F)C(=C)OC. The van der Waals surface area contributed by atoms with Crippen LogP contribution in [-0.2, 0) is 4.74 Å². The molecule has 2 fully saturated rings. The van der Waals surface area contributed by atoms with E-state index in [0.29, 0.717) is 48.3 Å². The molecule has 3 rings (SSSR count). The quantitative estimate of drug-likeness (QED) is 0.350. The van der Waals surface area contributed by atoms with Gasteiger partial charge in [0.25, 0.3) is 0 Å². The molecule has 1 aromatic rings. The minimum Gasteiger partial charge on any atom is -0.494 e. The molecule has 0 radical (unpaired) electrons. The predicted molar refractivity (Wildman–Crippen MR) is 122 cm³/mol. The van der Waals surface area contributed by atoms with Gasteiger partial charge in [0.15, 0.2) is 17.5 Å². The maximum absolute atomic E-state index is 14.9. The second-order valence-corrected chi connectivity index (χ2v) is 9.04. The summed E-state index contributed by atoms with van der Waals surface area (Å²) in [5.41, 5.74) is 1.43. The summed E-state index contributed by atoms with van der Waals surface area (Å²) in [7, 11) is 1.36. The number of benzene rings is 1. The van der Waals surface area contributed by atoms with Crippen molar-refractivity contribution >= 4 is 0 Å². The molecule has 1 aromatic carbocycles. The molecule has 0 unspecified atom stereocenters. The van der Waals surface area contributed by atoms with Crippen molar-refractivity contribution in [2.24, 2.45) is 5.92 Å². The van der Waals surface area contributed by atoms with Crippen molar-refractivity contribution in [3.05, 3.63) is 83.4 Å². The number of aliphatic hydroxyl groups is 1. The molecule has 0 heterocycles. The average Bonchev–Trinajstić information content (AvgIpc) is 2.80. The smallest absolute Gasteiger partial charge is 0.164 e. The minimum atomic E-state index is -0.714. The largest absolute Gasteiger partial charge is 0.494 e. The first-order valence-corrected chi connectivity index (χ1v) is 11.4. The fraction of sp³-hybridized carbons (Fsp3) is 0.481. The lowest BCUT2D eigenvalue weighted by Crippen LogP contribution is -2.19. The molecule has 0 amide bonds. The molecule has 0 spiro atoms. The van der Waals surface area contributed by atoms with Gasteiger partial charge in [0, 0.05) is 0 Å². The number of aliphatic hydroxyl groups excluding tert-OH is 1. The zero-order valence-corrected chi connectivity index (χ0v) is 18.8. The summed E-state index contributed by atoms with van der Waals surface area (Å²) in [4.78, 5) is 0. The van der Waals surface area contributed by atoms with Gasteiger partial charge in [-0.2, -0.15) is 0 Å². The van der Waals surface area contributed by atoms with Crippen LogP contribution in [0.15, 0.2) is 60.7 Å². The van der Waals surface area contributed by atoms with Crippen molar-refractivity contribution in [3.8, 4) is 0 Å². The van der Waals surface area contributed by atoms with Gasteiger partial charge in [-0.25, -0.2) is 13.2 Å². The van der Waals surface area contributed by atoms with E-state index in [1.54, 1.807) is 18.2 Å². The normalized spacial score (nSPS) is 26.8. The minimum absolute atomic E-state index is 0.00180. The van der Waals surface area contributed by atoms with E-state index in [0.717, 1.165) is 25.7 Å². The Hall–Kier alpha value is -2.27. The maximum Gasteiger partial charge on any atom is 0.164 e. The van der Waals surface area contributed by atoms with Gasteiger partial charge in [-0.15, -0.1) is 0 Å². The van der Waals surface area contributed by atoms with Crippen LogP contribution in [-0.4, -0.2) is 18.3 Å². The molecule has 2 nitrogen and oxygen atoms in total. The molecule has 174 valence electrons. The average molecular weight is 447 g/mol. The number of hydrogen-bond acceptors (Lipinski definition) is 2. The van der Waals surface area contributed by atoms with Crippen LogP contribution in [0, 0.1) is 17.6 Å². The molecule has 0 atom stereocenters. The van der Waals surface area contributed by atoms with Crippen LogP contribution in [0.2, 0.25) is 0 Å². The van der Waals surface area contributed by atoms with Gasteiger partial charge in [-0.3, -0.25) is 0 Å². The van der Waals surface area contributed by atoms with Gasteiger partial charge in [0.2, 0.25) is 0 Å². The first-order valence-electron chi connectivity index (χ1n) is 11.4. The molecule has 5 heteroatoms. The molecule has 32 heavy (non-hydrogen) atoms. The zero-order valence-electron chi connectivity index (χ0n) is 18.8. The Bertz CT molecular complexity index is 886. The number of rotatable bonds is 7. The third kappa shape index (κ3) is 5.94. The molecule has 2 aliphatic carbocycles. The summed E-state index contributed by atoms with van der Waals surface area (Å²) >= 11 is 0. The zero-order chi connectivity index (χ0) is 23.3. The summed E-state index contributed by atoms with van der Waals surface area (Å²) in [5.74, 6) is -1.74. The van der Waals surface area contributed by atoms with Crippen molar-refractivity contribution in [2.75, 3.05) is 7.11 Å². The third-order valence-corrected chi connectivity index (χ3v) is 6.90. The van der Waals surface area contributed by atoms with E-state index < -0.39 is 17.5 Å². The van der Waals surface area contributed by atoms with E-state index in [1.807, 2.05) is 6.08 Å². The van der Waals surface area contributed by atoms with Crippen molar-refractivity contribution < 1.29 is 23.0 Å². The Morgan fingerprint density at radius 2 is 1.44 bits per heavy atom. The topological polar surface area (TPSA) is 29.5 Å². The van der Waals surface area contributed by atoms with Crippen LogP contribution in [0.1, 0.15) is 74.3 Å². The van der Waals surface area contributed by atoms with Crippen LogP contribution in [0.5, 0.6) is 0 Å². The van der Waals surface area contributed by atoms with E-state index in [-0.39, 0.29) is 23.7 Å². The molecule has 0 aliphatic heterocycles. The predicted octanol–water partition coefficient (Wildman–Crippen LogP) is 7.38. The van der Waals surface area contributed by atoms with Gasteiger partial charge in [0.1, 0.15) is 5.76 Å². The number of methoxy groups -OCH3 is 1. The van der Waals surface area contributed by atoms with Crippen molar-refractivity contribution in [1.29, 1.82) is 0 Å². The Morgan fingerprint density at radius 1 is 0.938 bits per heavy atom. The van der Waals surface area contributed by atoms with Gasteiger partial charge in [-0.05, 0) is 91.9 Å². The number of allylic oxidation sites excluding steroid dienone is 5. The fourth-order valence-electron chi connectivity index (χ4n) is 4.87.